The zero-order chi connectivity index (χ0) is 20.4. The fourth-order valence-corrected chi connectivity index (χ4v) is 3.27. The molecule has 28 heavy (non-hydrogen) atoms. The van der Waals surface area contributed by atoms with Gasteiger partial charge in [0.25, 0.3) is 11.8 Å². The van der Waals surface area contributed by atoms with Gasteiger partial charge in [0.1, 0.15) is 6.54 Å². The molecule has 0 saturated heterocycles. The van der Waals surface area contributed by atoms with Gasteiger partial charge in [-0.1, -0.05) is 47.5 Å². The molecular weight excluding hydrogens is 407 g/mol. The number of hydrogen-bond acceptors (Lipinski definition) is 5. The number of rotatable bonds is 5. The van der Waals surface area contributed by atoms with Gasteiger partial charge in [-0.25, -0.2) is 4.79 Å². The van der Waals surface area contributed by atoms with Crippen LogP contribution in [0.15, 0.2) is 42.5 Å². The largest absolute Gasteiger partial charge is 0.467 e. The van der Waals surface area contributed by atoms with Crippen LogP contribution in [0.3, 0.4) is 0 Å². The highest BCUT2D eigenvalue weighted by Gasteiger charge is 2.37. The van der Waals surface area contributed by atoms with Crippen molar-refractivity contribution in [3.63, 3.8) is 0 Å². The van der Waals surface area contributed by atoms with E-state index in [1.807, 2.05) is 0 Å². The van der Waals surface area contributed by atoms with Gasteiger partial charge in [-0.15, -0.1) is 0 Å². The molecule has 1 atom stereocenters. The molecule has 144 valence electrons. The van der Waals surface area contributed by atoms with Gasteiger partial charge in [0.2, 0.25) is 5.91 Å². The lowest BCUT2D eigenvalue weighted by Crippen LogP contribution is -2.43. The van der Waals surface area contributed by atoms with Gasteiger partial charge in [-0.3, -0.25) is 19.3 Å². The average Bonchev–Trinajstić information content (AvgIpc) is 2.93. The number of carbonyl (C=O) groups is 4. The molecule has 1 N–H and O–H groups in total. The molecule has 7 nitrogen and oxygen atoms in total. The van der Waals surface area contributed by atoms with Crippen molar-refractivity contribution in [3.8, 4) is 0 Å². The molecule has 0 unspecified atom stereocenters. The minimum atomic E-state index is -1.25. The van der Waals surface area contributed by atoms with Gasteiger partial charge < -0.3 is 10.1 Å². The molecule has 1 aliphatic rings. The molecule has 9 heteroatoms. The van der Waals surface area contributed by atoms with E-state index in [1.165, 1.54) is 24.3 Å². The lowest BCUT2D eigenvalue weighted by atomic mass is 10.1. The minimum absolute atomic E-state index is 0.0839. The molecule has 0 spiro atoms. The third-order valence-electron chi connectivity index (χ3n) is 4.21. The van der Waals surface area contributed by atoms with Crippen molar-refractivity contribution < 1.29 is 23.9 Å². The minimum Gasteiger partial charge on any atom is -0.467 e. The maximum atomic E-state index is 12.5. The van der Waals surface area contributed by atoms with Crippen molar-refractivity contribution in [1.29, 1.82) is 0 Å². The zero-order valence-electron chi connectivity index (χ0n) is 14.6. The van der Waals surface area contributed by atoms with E-state index in [2.05, 4.69) is 5.32 Å². The Balaban J connectivity index is 1.80. The number of nitrogens with one attached hydrogen (secondary N) is 1. The van der Waals surface area contributed by atoms with Gasteiger partial charge in [-0.2, -0.15) is 0 Å². The average molecular weight is 421 g/mol. The molecule has 2 aromatic rings. The van der Waals surface area contributed by atoms with Crippen LogP contribution in [0.25, 0.3) is 0 Å². The summed E-state index contributed by atoms with van der Waals surface area (Å²) in [7, 11) is 1.16. The number of methoxy groups -OCH3 is 1. The molecule has 2 aromatic carbocycles. The smallest absolute Gasteiger partial charge is 0.333 e. The van der Waals surface area contributed by atoms with Crippen LogP contribution in [0.1, 0.15) is 32.3 Å². The summed E-state index contributed by atoms with van der Waals surface area (Å²) in [6, 6.07) is 9.63. The Kier molecular flexibility index (Phi) is 5.67. The number of amides is 3. The summed E-state index contributed by atoms with van der Waals surface area (Å²) in [5.74, 6) is -2.67. The SMILES string of the molecule is COC(=O)[C@@H](NC(=O)CN1C(=O)c2ccccc2C1=O)c1cccc(Cl)c1Cl. The summed E-state index contributed by atoms with van der Waals surface area (Å²) in [4.78, 5) is 50.2. The van der Waals surface area contributed by atoms with Crippen molar-refractivity contribution >= 4 is 46.9 Å². The predicted octanol–water partition coefficient (Wildman–Crippen LogP) is 2.62. The number of imide groups is 1. The Morgan fingerprint density at radius 1 is 1.04 bits per heavy atom. The van der Waals surface area contributed by atoms with E-state index in [9.17, 15) is 19.2 Å². The fourth-order valence-electron chi connectivity index (χ4n) is 2.86. The lowest BCUT2D eigenvalue weighted by molar-refractivity contribution is -0.145. The van der Waals surface area contributed by atoms with Gasteiger partial charge in [-0.05, 0) is 18.2 Å². The van der Waals surface area contributed by atoms with Crippen LogP contribution in [-0.2, 0) is 14.3 Å². The van der Waals surface area contributed by atoms with Crippen LogP contribution in [0.5, 0.6) is 0 Å². The second-order valence-corrected chi connectivity index (χ2v) is 6.69. The molecule has 0 saturated carbocycles. The number of halogens is 2. The van der Waals surface area contributed by atoms with Gasteiger partial charge in [0.15, 0.2) is 6.04 Å². The van der Waals surface area contributed by atoms with Crippen molar-refractivity contribution in [1.82, 2.24) is 10.2 Å². The van der Waals surface area contributed by atoms with E-state index in [0.29, 0.717) is 0 Å². The molecule has 3 amide bonds. The molecule has 1 heterocycles. The van der Waals surface area contributed by atoms with Crippen LogP contribution in [0.2, 0.25) is 10.0 Å². The molecule has 3 rings (SSSR count). The van der Waals surface area contributed by atoms with Crippen LogP contribution in [0.4, 0.5) is 0 Å². The summed E-state index contributed by atoms with van der Waals surface area (Å²) in [6.45, 7) is -0.558. The molecule has 0 aliphatic carbocycles. The van der Waals surface area contributed by atoms with Gasteiger partial charge in [0, 0.05) is 5.56 Å². The highest BCUT2D eigenvalue weighted by Crippen LogP contribution is 2.30. The summed E-state index contributed by atoms with van der Waals surface area (Å²) >= 11 is 12.1. The number of ether oxygens (including phenoxy) is 1. The van der Waals surface area contributed by atoms with Crippen molar-refractivity contribution in [2.45, 2.75) is 6.04 Å². The van der Waals surface area contributed by atoms with Crippen LogP contribution in [-0.4, -0.2) is 42.2 Å². The summed E-state index contributed by atoms with van der Waals surface area (Å²) < 4.78 is 4.72. The molecule has 0 radical (unpaired) electrons. The molecule has 0 fully saturated rings. The molecule has 0 aromatic heterocycles. The predicted molar refractivity (Wildman–Crippen MR) is 101 cm³/mol. The topological polar surface area (TPSA) is 92.8 Å². The van der Waals surface area contributed by atoms with E-state index in [0.717, 1.165) is 12.0 Å². The van der Waals surface area contributed by atoms with E-state index >= 15 is 0 Å². The maximum Gasteiger partial charge on any atom is 0.333 e. The Morgan fingerprint density at radius 3 is 2.21 bits per heavy atom. The maximum absolute atomic E-state index is 12.5. The Hall–Kier alpha value is -2.90. The first-order valence-electron chi connectivity index (χ1n) is 8.11. The molecule has 0 bridgehead atoms. The number of fused-ring (bicyclic) bond motifs is 1. The quantitative estimate of drug-likeness (QED) is 0.592. The van der Waals surface area contributed by atoms with Gasteiger partial charge >= 0.3 is 5.97 Å². The third-order valence-corrected chi connectivity index (χ3v) is 5.05. The van der Waals surface area contributed by atoms with Crippen molar-refractivity contribution in [2.75, 3.05) is 13.7 Å². The number of benzene rings is 2. The van der Waals surface area contributed by atoms with E-state index < -0.39 is 36.3 Å². The fraction of sp³-hybridized carbons (Fsp3) is 0.158. The monoisotopic (exact) mass is 420 g/mol. The van der Waals surface area contributed by atoms with Gasteiger partial charge in [0.05, 0.1) is 28.3 Å². The molecular formula is C19H14Cl2N2O5. The second kappa shape index (κ2) is 8.00. The van der Waals surface area contributed by atoms with E-state index in [4.69, 9.17) is 27.9 Å². The van der Waals surface area contributed by atoms with Crippen molar-refractivity contribution in [2.24, 2.45) is 0 Å². The number of esters is 1. The summed E-state index contributed by atoms with van der Waals surface area (Å²) in [6.07, 6.45) is 0. The number of hydrogen-bond donors (Lipinski definition) is 1. The highest BCUT2D eigenvalue weighted by molar-refractivity contribution is 6.42. The lowest BCUT2D eigenvalue weighted by Gasteiger charge is -2.20. The number of nitrogens with zero attached hydrogens (tertiary/aromatic N) is 1. The van der Waals surface area contributed by atoms with Crippen LogP contribution >= 0.6 is 23.2 Å². The molecule has 1 aliphatic heterocycles. The van der Waals surface area contributed by atoms with Crippen LogP contribution in [0, 0.1) is 0 Å². The summed E-state index contributed by atoms with van der Waals surface area (Å²) in [5.41, 5.74) is 0.683. The third kappa shape index (κ3) is 3.58. The first-order valence-corrected chi connectivity index (χ1v) is 8.87. The Morgan fingerprint density at radius 2 is 1.64 bits per heavy atom. The highest BCUT2D eigenvalue weighted by atomic mass is 35.5. The summed E-state index contributed by atoms with van der Waals surface area (Å²) in [5, 5.41) is 2.72. The van der Waals surface area contributed by atoms with Crippen molar-refractivity contribution in [3.05, 3.63) is 69.2 Å². The standard InChI is InChI=1S/C19H14Cl2N2O5/c1-28-19(27)16(12-7-4-8-13(20)15(12)21)22-14(24)9-23-17(25)10-5-2-3-6-11(10)18(23)26/h2-8,16H,9H2,1H3,(H,22,24)/t16-/m0/s1. The normalized spacial score (nSPS) is 13.9. The van der Waals surface area contributed by atoms with E-state index in [-0.39, 0.29) is 26.7 Å². The Labute approximate surface area is 170 Å². The van der Waals surface area contributed by atoms with Crippen LogP contribution < -0.4 is 5.32 Å². The number of carbonyl (C=O) groups excluding carboxylic acids is 4. The second-order valence-electron chi connectivity index (χ2n) is 5.91. The van der Waals surface area contributed by atoms with E-state index in [1.54, 1.807) is 18.2 Å². The zero-order valence-corrected chi connectivity index (χ0v) is 16.1. The Bertz CT molecular complexity index is 957. The first kappa shape index (κ1) is 19.9. The first-order chi connectivity index (χ1) is 13.3.